The van der Waals surface area contributed by atoms with Crippen molar-refractivity contribution < 1.29 is 9.53 Å². The fourth-order valence-corrected chi connectivity index (χ4v) is 4.88. The number of nitriles is 2. The maximum absolute atomic E-state index is 12.6. The lowest BCUT2D eigenvalue weighted by Crippen LogP contribution is -2.13. The second kappa shape index (κ2) is 9.05. The number of ether oxygens (including phenoxy) is 1. The molecular weight excluding hydrogens is 438 g/mol. The van der Waals surface area contributed by atoms with Crippen molar-refractivity contribution in [2.45, 2.75) is 32.6 Å². The number of amides is 1. The van der Waals surface area contributed by atoms with Crippen LogP contribution in [0.25, 0.3) is 6.08 Å². The van der Waals surface area contributed by atoms with Gasteiger partial charge in [-0.3, -0.25) is 4.79 Å². The maximum Gasteiger partial charge on any atom is 0.266 e. The molecule has 28 heavy (non-hydrogen) atoms. The average molecular weight is 456 g/mol. The second-order valence-electron chi connectivity index (χ2n) is 6.27. The predicted molar refractivity (Wildman–Crippen MR) is 113 cm³/mol. The molecule has 0 aliphatic heterocycles. The third kappa shape index (κ3) is 4.27. The van der Waals surface area contributed by atoms with E-state index in [0.29, 0.717) is 28.5 Å². The quantitative estimate of drug-likeness (QED) is 0.495. The molecule has 0 bridgehead atoms. The molecule has 1 aromatic heterocycles. The van der Waals surface area contributed by atoms with Crippen LogP contribution >= 0.6 is 27.3 Å². The minimum atomic E-state index is -0.511. The van der Waals surface area contributed by atoms with Crippen molar-refractivity contribution in [3.8, 4) is 17.9 Å². The number of carbonyl (C=O) groups is 1. The van der Waals surface area contributed by atoms with Gasteiger partial charge in [0.05, 0.1) is 16.6 Å². The summed E-state index contributed by atoms with van der Waals surface area (Å²) >= 11 is 4.87. The van der Waals surface area contributed by atoms with Crippen LogP contribution in [0.2, 0.25) is 0 Å². The lowest BCUT2D eigenvalue weighted by molar-refractivity contribution is -0.112. The summed E-state index contributed by atoms with van der Waals surface area (Å²) in [4.78, 5) is 13.8. The molecule has 1 aliphatic carbocycles. The van der Waals surface area contributed by atoms with Gasteiger partial charge in [-0.05, 0) is 77.9 Å². The summed E-state index contributed by atoms with van der Waals surface area (Å²) in [6.45, 7) is 2.45. The van der Waals surface area contributed by atoms with Crippen LogP contribution in [-0.2, 0) is 17.6 Å². The Labute approximate surface area is 176 Å². The fourth-order valence-electron chi connectivity index (χ4n) is 3.14. The van der Waals surface area contributed by atoms with Gasteiger partial charge >= 0.3 is 0 Å². The highest BCUT2D eigenvalue weighted by molar-refractivity contribution is 9.10. The molecule has 0 radical (unpaired) electrons. The molecule has 0 saturated heterocycles. The van der Waals surface area contributed by atoms with Crippen LogP contribution in [0, 0.1) is 22.7 Å². The van der Waals surface area contributed by atoms with E-state index in [-0.39, 0.29) is 5.57 Å². The summed E-state index contributed by atoms with van der Waals surface area (Å²) in [6.07, 6.45) is 5.48. The lowest BCUT2D eigenvalue weighted by atomic mass is 9.96. The third-order valence-corrected chi connectivity index (χ3v) is 6.27. The summed E-state index contributed by atoms with van der Waals surface area (Å²) in [5.74, 6) is 0.188. The van der Waals surface area contributed by atoms with Gasteiger partial charge in [0.15, 0.2) is 0 Å². The minimum absolute atomic E-state index is 0.0219. The van der Waals surface area contributed by atoms with Gasteiger partial charge in [-0.2, -0.15) is 10.5 Å². The van der Waals surface area contributed by atoms with Crippen molar-refractivity contribution in [2.24, 2.45) is 0 Å². The Kier molecular flexibility index (Phi) is 6.51. The number of hydrogen-bond donors (Lipinski definition) is 1. The van der Waals surface area contributed by atoms with Crippen LogP contribution in [0.1, 0.15) is 41.3 Å². The Morgan fingerprint density at radius 1 is 1.36 bits per heavy atom. The summed E-state index contributed by atoms with van der Waals surface area (Å²) in [7, 11) is 0. The molecule has 0 unspecified atom stereocenters. The van der Waals surface area contributed by atoms with E-state index in [0.717, 1.165) is 40.6 Å². The molecule has 1 amide bonds. The zero-order valence-electron chi connectivity index (χ0n) is 15.3. The Morgan fingerprint density at radius 3 is 2.82 bits per heavy atom. The number of fused-ring (bicyclic) bond motifs is 1. The molecule has 0 fully saturated rings. The molecule has 142 valence electrons. The smallest absolute Gasteiger partial charge is 0.266 e. The number of rotatable bonds is 5. The number of anilines is 1. The molecule has 3 rings (SSSR count). The van der Waals surface area contributed by atoms with Crippen molar-refractivity contribution >= 4 is 44.3 Å². The predicted octanol–water partition coefficient (Wildman–Crippen LogP) is 5.21. The van der Waals surface area contributed by atoms with E-state index in [9.17, 15) is 15.3 Å². The zero-order valence-corrected chi connectivity index (χ0v) is 17.7. The monoisotopic (exact) mass is 455 g/mol. The second-order valence-corrected chi connectivity index (χ2v) is 8.23. The van der Waals surface area contributed by atoms with Crippen molar-refractivity contribution in [2.75, 3.05) is 11.9 Å². The molecule has 7 heteroatoms. The average Bonchev–Trinajstić information content (AvgIpc) is 3.04. The number of nitrogens with zero attached hydrogens (tertiary/aromatic N) is 2. The van der Waals surface area contributed by atoms with Gasteiger partial charge in [0.1, 0.15) is 28.5 Å². The Hall–Kier alpha value is -2.61. The molecule has 2 aromatic rings. The Bertz CT molecular complexity index is 1030. The Balaban J connectivity index is 1.84. The highest BCUT2D eigenvalue weighted by Gasteiger charge is 2.22. The van der Waals surface area contributed by atoms with Crippen molar-refractivity contribution in [1.82, 2.24) is 0 Å². The van der Waals surface area contributed by atoms with E-state index in [1.165, 1.54) is 17.4 Å². The van der Waals surface area contributed by atoms with Gasteiger partial charge in [-0.25, -0.2) is 0 Å². The summed E-state index contributed by atoms with van der Waals surface area (Å²) in [5.41, 5.74) is 2.26. The van der Waals surface area contributed by atoms with E-state index in [1.54, 1.807) is 18.2 Å². The van der Waals surface area contributed by atoms with E-state index in [1.807, 2.05) is 13.0 Å². The molecule has 0 atom stereocenters. The number of nitrogens with one attached hydrogen (secondary N) is 1. The van der Waals surface area contributed by atoms with Gasteiger partial charge in [-0.1, -0.05) is 6.07 Å². The molecule has 1 aliphatic rings. The van der Waals surface area contributed by atoms with Gasteiger partial charge in [0.2, 0.25) is 0 Å². The van der Waals surface area contributed by atoms with Crippen molar-refractivity contribution in [1.29, 1.82) is 10.5 Å². The number of benzene rings is 1. The molecule has 0 saturated carbocycles. The summed E-state index contributed by atoms with van der Waals surface area (Å²) in [5, 5.41) is 22.3. The molecule has 0 spiro atoms. The van der Waals surface area contributed by atoms with Crippen LogP contribution in [-0.4, -0.2) is 12.5 Å². The normalized spacial score (nSPS) is 13.2. The highest BCUT2D eigenvalue weighted by Crippen LogP contribution is 2.37. The zero-order chi connectivity index (χ0) is 20.1. The fraction of sp³-hybridized carbons (Fsp3) is 0.286. The molecule has 1 heterocycles. The number of carbonyl (C=O) groups excluding carboxylic acids is 1. The summed E-state index contributed by atoms with van der Waals surface area (Å²) in [6, 6.07) is 9.53. The number of aryl methyl sites for hydroxylation is 1. The van der Waals surface area contributed by atoms with E-state index in [4.69, 9.17) is 4.74 Å². The van der Waals surface area contributed by atoms with E-state index < -0.39 is 5.91 Å². The number of thiophene rings is 1. The Morgan fingerprint density at radius 2 is 2.14 bits per heavy atom. The first-order valence-electron chi connectivity index (χ1n) is 8.97. The van der Waals surface area contributed by atoms with Crippen molar-refractivity contribution in [3.05, 3.63) is 49.8 Å². The van der Waals surface area contributed by atoms with Gasteiger partial charge in [-0.15, -0.1) is 11.3 Å². The molecular formula is C21H18BrN3O2S. The van der Waals surface area contributed by atoms with E-state index in [2.05, 4.69) is 27.3 Å². The topological polar surface area (TPSA) is 85.9 Å². The van der Waals surface area contributed by atoms with Crippen LogP contribution < -0.4 is 10.1 Å². The SMILES string of the molecule is CCOc1ccc(/C=C(\C#N)C(=O)Nc2sc3c(c2C#N)CCCC3)cc1Br. The maximum atomic E-state index is 12.6. The number of halogens is 1. The largest absolute Gasteiger partial charge is 0.493 e. The van der Waals surface area contributed by atoms with Crippen LogP contribution in [0.4, 0.5) is 5.00 Å². The third-order valence-electron chi connectivity index (χ3n) is 4.44. The lowest BCUT2D eigenvalue weighted by Gasteiger charge is -2.09. The van der Waals surface area contributed by atoms with Gasteiger partial charge < -0.3 is 10.1 Å². The molecule has 1 N–H and O–H groups in total. The number of hydrogen-bond acceptors (Lipinski definition) is 5. The first-order chi connectivity index (χ1) is 13.6. The van der Waals surface area contributed by atoms with Crippen molar-refractivity contribution in [3.63, 3.8) is 0 Å². The van der Waals surface area contributed by atoms with Crippen LogP contribution in [0.5, 0.6) is 5.75 Å². The van der Waals surface area contributed by atoms with E-state index >= 15 is 0 Å². The van der Waals surface area contributed by atoms with Gasteiger partial charge in [0, 0.05) is 4.88 Å². The molecule has 1 aromatic carbocycles. The highest BCUT2D eigenvalue weighted by atomic mass is 79.9. The summed E-state index contributed by atoms with van der Waals surface area (Å²) < 4.78 is 6.22. The van der Waals surface area contributed by atoms with Gasteiger partial charge in [0.25, 0.3) is 5.91 Å². The molecule has 5 nitrogen and oxygen atoms in total. The first-order valence-corrected chi connectivity index (χ1v) is 10.6. The van der Waals surface area contributed by atoms with Crippen LogP contribution in [0.3, 0.4) is 0 Å². The van der Waals surface area contributed by atoms with Crippen LogP contribution in [0.15, 0.2) is 28.2 Å². The first kappa shape index (κ1) is 20.1. The minimum Gasteiger partial charge on any atom is -0.493 e. The standard InChI is InChI=1S/C21H18BrN3O2S/c1-2-27-18-8-7-13(10-17(18)22)9-14(11-23)20(26)25-21-16(12-24)15-5-3-4-6-19(15)28-21/h7-10H,2-6H2,1H3,(H,25,26)/b14-9+.